The molecule has 10 heteroatoms. The maximum atomic E-state index is 14.0. The fourth-order valence-electron chi connectivity index (χ4n) is 2.92. The van der Waals surface area contributed by atoms with Crippen LogP contribution in [0.4, 0.5) is 9.18 Å². The molecule has 1 aromatic carbocycles. The standard InChI is InChI=1S/C21H29FN2O7/c1-21(2,3)31-20(27)23-11-17(15-6-5-7-16(22)10-15)24(12-19(26)28-4)18(25)13-29-8-9-30-14-23/h5-7,10,17H,8-9,11-14H2,1-4H3. The Morgan fingerprint density at radius 2 is 1.94 bits per heavy atom. The van der Waals surface area contributed by atoms with Gasteiger partial charge >= 0.3 is 12.1 Å². The summed E-state index contributed by atoms with van der Waals surface area (Å²) >= 11 is 0. The summed E-state index contributed by atoms with van der Waals surface area (Å²) in [6, 6.07) is 4.73. The molecule has 2 rings (SSSR count). The van der Waals surface area contributed by atoms with Crippen molar-refractivity contribution in [3.63, 3.8) is 0 Å². The lowest BCUT2D eigenvalue weighted by atomic mass is 10.0. The molecule has 0 aliphatic carbocycles. The first-order valence-corrected chi connectivity index (χ1v) is 9.86. The zero-order chi connectivity index (χ0) is 23.0. The van der Waals surface area contributed by atoms with Crippen molar-refractivity contribution >= 4 is 18.0 Å². The van der Waals surface area contributed by atoms with Gasteiger partial charge in [-0.3, -0.25) is 14.5 Å². The monoisotopic (exact) mass is 440 g/mol. The summed E-state index contributed by atoms with van der Waals surface area (Å²) < 4.78 is 35.0. The van der Waals surface area contributed by atoms with Gasteiger partial charge in [0.25, 0.3) is 0 Å². The highest BCUT2D eigenvalue weighted by atomic mass is 19.1. The number of carbonyl (C=O) groups is 3. The number of halogens is 1. The molecule has 1 aliphatic rings. The first-order chi connectivity index (χ1) is 14.6. The smallest absolute Gasteiger partial charge is 0.412 e. The molecule has 0 spiro atoms. The zero-order valence-corrected chi connectivity index (χ0v) is 18.3. The van der Waals surface area contributed by atoms with Crippen LogP contribution in [0.3, 0.4) is 0 Å². The number of benzene rings is 1. The van der Waals surface area contributed by atoms with Gasteiger partial charge in [-0.2, -0.15) is 0 Å². The van der Waals surface area contributed by atoms with E-state index in [0.29, 0.717) is 5.56 Å². The van der Waals surface area contributed by atoms with E-state index in [1.54, 1.807) is 26.8 Å². The molecule has 1 saturated heterocycles. The predicted octanol–water partition coefficient (Wildman–Crippen LogP) is 2.11. The SMILES string of the molecule is COC(=O)CN1C(=O)COCCOCN(C(=O)OC(C)(C)C)CC1c1cccc(F)c1. The zero-order valence-electron chi connectivity index (χ0n) is 18.3. The summed E-state index contributed by atoms with van der Waals surface area (Å²) in [6.07, 6.45) is -0.667. The van der Waals surface area contributed by atoms with Crippen molar-refractivity contribution < 1.29 is 37.7 Å². The molecular formula is C21H29FN2O7. The van der Waals surface area contributed by atoms with Crippen molar-refractivity contribution in [2.24, 2.45) is 0 Å². The van der Waals surface area contributed by atoms with Gasteiger partial charge in [0.2, 0.25) is 5.91 Å². The molecule has 9 nitrogen and oxygen atoms in total. The fourth-order valence-corrected chi connectivity index (χ4v) is 2.92. The average Bonchev–Trinajstić information content (AvgIpc) is 2.72. The second kappa shape index (κ2) is 11.1. The van der Waals surface area contributed by atoms with Gasteiger partial charge in [-0.05, 0) is 38.5 Å². The van der Waals surface area contributed by atoms with Crippen LogP contribution in [0, 0.1) is 5.82 Å². The van der Waals surface area contributed by atoms with Crippen LogP contribution in [-0.4, -0.2) is 80.1 Å². The van der Waals surface area contributed by atoms with E-state index < -0.39 is 42.0 Å². The molecule has 2 amide bonds. The number of carbonyl (C=O) groups excluding carboxylic acids is 3. The number of rotatable bonds is 3. The Labute approximate surface area is 181 Å². The molecular weight excluding hydrogens is 411 g/mol. The van der Waals surface area contributed by atoms with E-state index >= 15 is 0 Å². The lowest BCUT2D eigenvalue weighted by Gasteiger charge is -2.35. The number of methoxy groups -OCH3 is 1. The Kier molecular flexibility index (Phi) is 8.76. The minimum absolute atomic E-state index is 0.0961. The first-order valence-electron chi connectivity index (χ1n) is 9.86. The highest BCUT2D eigenvalue weighted by Gasteiger charge is 2.33. The molecule has 1 atom stereocenters. The summed E-state index contributed by atoms with van der Waals surface area (Å²) in [5.41, 5.74) is -0.368. The Morgan fingerprint density at radius 3 is 2.58 bits per heavy atom. The molecule has 1 unspecified atom stereocenters. The summed E-state index contributed by atoms with van der Waals surface area (Å²) in [4.78, 5) is 40.2. The fraction of sp³-hybridized carbons (Fsp3) is 0.571. The van der Waals surface area contributed by atoms with Gasteiger partial charge in [-0.25, -0.2) is 9.18 Å². The molecule has 0 aromatic heterocycles. The summed E-state index contributed by atoms with van der Waals surface area (Å²) in [5.74, 6) is -1.69. The molecule has 31 heavy (non-hydrogen) atoms. The highest BCUT2D eigenvalue weighted by Crippen LogP contribution is 2.25. The molecule has 0 bridgehead atoms. The minimum atomic E-state index is -0.875. The topological polar surface area (TPSA) is 94.6 Å². The van der Waals surface area contributed by atoms with Crippen LogP contribution in [-0.2, 0) is 28.5 Å². The quantitative estimate of drug-likeness (QED) is 0.665. The third kappa shape index (κ3) is 7.80. The van der Waals surface area contributed by atoms with Crippen LogP contribution in [0.5, 0.6) is 0 Å². The van der Waals surface area contributed by atoms with Crippen LogP contribution in [0.25, 0.3) is 0 Å². The second-order valence-corrected chi connectivity index (χ2v) is 7.96. The molecule has 1 heterocycles. The minimum Gasteiger partial charge on any atom is -0.468 e. The van der Waals surface area contributed by atoms with Gasteiger partial charge in [0, 0.05) is 0 Å². The molecule has 1 aliphatic heterocycles. The molecule has 0 radical (unpaired) electrons. The van der Waals surface area contributed by atoms with E-state index in [9.17, 15) is 18.8 Å². The van der Waals surface area contributed by atoms with Crippen LogP contribution in [0.1, 0.15) is 32.4 Å². The van der Waals surface area contributed by atoms with Crippen molar-refractivity contribution in [1.29, 1.82) is 0 Å². The van der Waals surface area contributed by atoms with Crippen LogP contribution in [0.2, 0.25) is 0 Å². The number of hydrogen-bond acceptors (Lipinski definition) is 7. The molecule has 1 fully saturated rings. The summed E-state index contributed by atoms with van der Waals surface area (Å²) in [6.45, 7) is 4.50. The van der Waals surface area contributed by atoms with E-state index in [2.05, 4.69) is 0 Å². The Morgan fingerprint density at radius 1 is 1.23 bits per heavy atom. The van der Waals surface area contributed by atoms with E-state index in [4.69, 9.17) is 18.9 Å². The van der Waals surface area contributed by atoms with Gasteiger partial charge in [-0.15, -0.1) is 0 Å². The Balaban J connectivity index is 2.47. The Hall–Kier alpha value is -2.72. The van der Waals surface area contributed by atoms with E-state index in [0.717, 1.165) is 0 Å². The maximum absolute atomic E-state index is 14.0. The van der Waals surface area contributed by atoms with Crippen molar-refractivity contribution in [2.75, 3.05) is 46.8 Å². The van der Waals surface area contributed by atoms with E-state index in [1.165, 1.54) is 35.1 Å². The van der Waals surface area contributed by atoms with Gasteiger partial charge in [0.05, 0.1) is 32.9 Å². The number of esters is 1. The number of hydrogen-bond donors (Lipinski definition) is 0. The molecule has 1 aromatic rings. The van der Waals surface area contributed by atoms with Gasteiger partial charge in [0.1, 0.15) is 31.3 Å². The Bertz CT molecular complexity index is 781. The highest BCUT2D eigenvalue weighted by molar-refractivity contribution is 5.83. The van der Waals surface area contributed by atoms with Gasteiger partial charge < -0.3 is 23.8 Å². The normalized spacial score (nSPS) is 18.9. The average molecular weight is 440 g/mol. The van der Waals surface area contributed by atoms with Crippen molar-refractivity contribution in [3.8, 4) is 0 Å². The van der Waals surface area contributed by atoms with Crippen molar-refractivity contribution in [2.45, 2.75) is 32.4 Å². The van der Waals surface area contributed by atoms with Crippen molar-refractivity contribution in [3.05, 3.63) is 35.6 Å². The second-order valence-electron chi connectivity index (χ2n) is 7.96. The maximum Gasteiger partial charge on any atom is 0.412 e. The lowest BCUT2D eigenvalue weighted by molar-refractivity contribution is -0.150. The van der Waals surface area contributed by atoms with Crippen LogP contribution < -0.4 is 0 Å². The van der Waals surface area contributed by atoms with Crippen molar-refractivity contribution in [1.82, 2.24) is 9.80 Å². The summed E-state index contributed by atoms with van der Waals surface area (Å²) in [7, 11) is 1.20. The first kappa shape index (κ1) is 24.5. The third-order valence-corrected chi connectivity index (χ3v) is 4.35. The van der Waals surface area contributed by atoms with Crippen LogP contribution in [0.15, 0.2) is 24.3 Å². The van der Waals surface area contributed by atoms with E-state index in [1.807, 2.05) is 0 Å². The third-order valence-electron chi connectivity index (χ3n) is 4.35. The van der Waals surface area contributed by atoms with Crippen LogP contribution >= 0.6 is 0 Å². The summed E-state index contributed by atoms with van der Waals surface area (Å²) in [5, 5.41) is 0. The lowest BCUT2D eigenvalue weighted by Crippen LogP contribution is -2.47. The number of nitrogens with zero attached hydrogens (tertiary/aromatic N) is 2. The van der Waals surface area contributed by atoms with Gasteiger partial charge in [-0.1, -0.05) is 12.1 Å². The largest absolute Gasteiger partial charge is 0.468 e. The molecule has 0 N–H and O–H groups in total. The number of ether oxygens (including phenoxy) is 4. The van der Waals surface area contributed by atoms with E-state index in [-0.39, 0.29) is 33.1 Å². The predicted molar refractivity (Wildman–Crippen MR) is 107 cm³/mol. The molecule has 0 saturated carbocycles. The van der Waals surface area contributed by atoms with Gasteiger partial charge in [0.15, 0.2) is 0 Å². The molecule has 172 valence electrons. The number of amides is 2.